The molecule has 62 heavy (non-hydrogen) atoms. The monoisotopic (exact) mass is 869 g/mol. The summed E-state index contributed by atoms with van der Waals surface area (Å²) in [4.78, 5) is 38.0. The molecule has 1 atom stereocenters. The highest BCUT2D eigenvalue weighted by Crippen LogP contribution is 2.16. The Kier molecular flexibility index (Phi) is 48.8. The van der Waals surface area contributed by atoms with Gasteiger partial charge in [0.25, 0.3) is 0 Å². The summed E-state index contributed by atoms with van der Waals surface area (Å²) in [6.07, 6.45) is 60.9. The minimum Gasteiger partial charge on any atom is -0.462 e. The maximum absolute atomic E-state index is 12.8. The van der Waals surface area contributed by atoms with Crippen LogP contribution in [0.1, 0.15) is 271 Å². The van der Waals surface area contributed by atoms with Crippen LogP contribution in [0.2, 0.25) is 0 Å². The lowest BCUT2D eigenvalue weighted by atomic mass is 10.0. The molecule has 0 aromatic carbocycles. The molecule has 0 fully saturated rings. The van der Waals surface area contributed by atoms with Crippen molar-refractivity contribution < 1.29 is 28.6 Å². The fourth-order valence-corrected chi connectivity index (χ4v) is 7.57. The van der Waals surface area contributed by atoms with E-state index in [1.54, 1.807) is 0 Å². The van der Waals surface area contributed by atoms with Gasteiger partial charge in [0.15, 0.2) is 6.10 Å². The van der Waals surface area contributed by atoms with E-state index in [1.807, 2.05) is 0 Å². The van der Waals surface area contributed by atoms with Crippen LogP contribution >= 0.6 is 0 Å². The zero-order chi connectivity index (χ0) is 45.1. The first-order chi connectivity index (χ1) is 30.5. The molecule has 0 aliphatic rings. The minimum absolute atomic E-state index is 0.0761. The molecular formula is C56H100O6. The third-order valence-corrected chi connectivity index (χ3v) is 11.6. The Hall–Kier alpha value is -2.63. The summed E-state index contributed by atoms with van der Waals surface area (Å²) in [5.41, 5.74) is 0. The van der Waals surface area contributed by atoms with Gasteiger partial charge in [0, 0.05) is 19.3 Å². The van der Waals surface area contributed by atoms with Crippen molar-refractivity contribution in [2.24, 2.45) is 0 Å². The average molecular weight is 869 g/mol. The molecule has 0 aromatic heterocycles. The fraction of sp³-hybridized carbons (Fsp3) is 0.804. The summed E-state index contributed by atoms with van der Waals surface area (Å²) in [5, 5.41) is 0. The number of ether oxygens (including phenoxy) is 3. The minimum atomic E-state index is -0.774. The van der Waals surface area contributed by atoms with E-state index in [0.717, 1.165) is 83.5 Å². The number of esters is 3. The van der Waals surface area contributed by atoms with E-state index in [2.05, 4.69) is 69.4 Å². The molecule has 6 heteroatoms. The van der Waals surface area contributed by atoms with Crippen molar-refractivity contribution in [3.05, 3.63) is 48.6 Å². The van der Waals surface area contributed by atoms with Crippen molar-refractivity contribution in [3.63, 3.8) is 0 Å². The van der Waals surface area contributed by atoms with E-state index in [9.17, 15) is 14.4 Å². The Morgan fingerprint density at radius 1 is 0.339 bits per heavy atom. The van der Waals surface area contributed by atoms with E-state index in [0.29, 0.717) is 19.3 Å². The highest BCUT2D eigenvalue weighted by atomic mass is 16.6. The number of carbonyl (C=O) groups excluding carboxylic acids is 3. The molecule has 0 rings (SSSR count). The molecule has 6 nitrogen and oxygen atoms in total. The molecule has 0 heterocycles. The van der Waals surface area contributed by atoms with E-state index in [1.165, 1.54) is 148 Å². The molecule has 0 aliphatic heterocycles. The summed E-state index contributed by atoms with van der Waals surface area (Å²) in [6.45, 7) is 6.51. The van der Waals surface area contributed by atoms with Crippen molar-refractivity contribution >= 4 is 17.9 Å². The second-order valence-electron chi connectivity index (χ2n) is 17.8. The van der Waals surface area contributed by atoms with Crippen LogP contribution in [0.25, 0.3) is 0 Å². The Morgan fingerprint density at radius 2 is 0.629 bits per heavy atom. The van der Waals surface area contributed by atoms with Gasteiger partial charge in [0.2, 0.25) is 0 Å². The first-order valence-corrected chi connectivity index (χ1v) is 26.6. The highest BCUT2D eigenvalue weighted by molar-refractivity contribution is 5.71. The van der Waals surface area contributed by atoms with Gasteiger partial charge in [-0.25, -0.2) is 0 Å². The lowest BCUT2D eigenvalue weighted by molar-refractivity contribution is -0.167. The molecule has 360 valence electrons. The summed E-state index contributed by atoms with van der Waals surface area (Å²) in [6, 6.07) is 0. The smallest absolute Gasteiger partial charge is 0.306 e. The zero-order valence-electron chi connectivity index (χ0n) is 41.1. The van der Waals surface area contributed by atoms with Crippen LogP contribution in [-0.4, -0.2) is 37.2 Å². The second kappa shape index (κ2) is 51.0. The molecule has 0 N–H and O–H groups in total. The van der Waals surface area contributed by atoms with E-state index >= 15 is 0 Å². The molecule has 0 aliphatic carbocycles. The van der Waals surface area contributed by atoms with Gasteiger partial charge in [-0.1, -0.05) is 223 Å². The Morgan fingerprint density at radius 3 is 1.03 bits per heavy atom. The van der Waals surface area contributed by atoms with Crippen LogP contribution in [0.3, 0.4) is 0 Å². The molecule has 0 bridgehead atoms. The van der Waals surface area contributed by atoms with Crippen LogP contribution < -0.4 is 0 Å². The van der Waals surface area contributed by atoms with Crippen LogP contribution in [0.5, 0.6) is 0 Å². The van der Waals surface area contributed by atoms with Crippen molar-refractivity contribution in [1.82, 2.24) is 0 Å². The van der Waals surface area contributed by atoms with E-state index in [4.69, 9.17) is 14.2 Å². The normalized spacial score (nSPS) is 12.4. The van der Waals surface area contributed by atoms with Gasteiger partial charge in [-0.3, -0.25) is 14.4 Å². The zero-order valence-corrected chi connectivity index (χ0v) is 41.1. The second-order valence-corrected chi connectivity index (χ2v) is 17.8. The largest absolute Gasteiger partial charge is 0.462 e. The molecule has 0 radical (unpaired) electrons. The van der Waals surface area contributed by atoms with Crippen molar-refractivity contribution in [3.8, 4) is 0 Å². The summed E-state index contributed by atoms with van der Waals surface area (Å²) >= 11 is 0. The van der Waals surface area contributed by atoms with Crippen LogP contribution in [0.15, 0.2) is 48.6 Å². The number of hydrogen-bond donors (Lipinski definition) is 0. The molecule has 0 saturated carbocycles. The third kappa shape index (κ3) is 48.4. The standard InChI is InChI=1S/C56H100O6/c1-4-7-10-13-16-19-22-25-26-27-28-29-30-32-34-37-40-43-46-49-55(58)61-52-53(51-60-54(57)48-45-42-39-36-33-24-21-18-15-12-9-6-3)62-56(59)50-47-44-41-38-35-31-23-20-17-14-11-8-5-2/h7,10,16,18-19,21,25-26,53H,4-6,8-9,11-15,17,20,22-24,27-52H2,1-3H3/b10-7-,19-16-,21-18-,26-25-. The van der Waals surface area contributed by atoms with E-state index in [-0.39, 0.29) is 31.1 Å². The van der Waals surface area contributed by atoms with Gasteiger partial charge in [-0.15, -0.1) is 0 Å². The number of hydrogen-bond acceptors (Lipinski definition) is 6. The average Bonchev–Trinajstić information content (AvgIpc) is 3.27. The Bertz CT molecular complexity index is 1090. The lowest BCUT2D eigenvalue weighted by Crippen LogP contribution is -2.30. The van der Waals surface area contributed by atoms with Crippen molar-refractivity contribution in [1.29, 1.82) is 0 Å². The highest BCUT2D eigenvalue weighted by Gasteiger charge is 2.19. The quantitative estimate of drug-likeness (QED) is 0.0262. The van der Waals surface area contributed by atoms with Gasteiger partial charge in [-0.2, -0.15) is 0 Å². The summed E-state index contributed by atoms with van der Waals surface area (Å²) in [5.74, 6) is -0.881. The molecule has 0 aromatic rings. The fourth-order valence-electron chi connectivity index (χ4n) is 7.57. The number of unbranched alkanes of at least 4 members (excludes halogenated alkanes) is 29. The lowest BCUT2D eigenvalue weighted by Gasteiger charge is -2.18. The predicted octanol–water partition coefficient (Wildman–Crippen LogP) is 17.5. The van der Waals surface area contributed by atoms with Gasteiger partial charge >= 0.3 is 17.9 Å². The molecule has 0 amide bonds. The van der Waals surface area contributed by atoms with Gasteiger partial charge in [-0.05, 0) is 77.0 Å². The number of carbonyl (C=O) groups is 3. The number of allylic oxidation sites excluding steroid dienone is 8. The topological polar surface area (TPSA) is 78.9 Å². The van der Waals surface area contributed by atoms with E-state index < -0.39 is 6.10 Å². The molecule has 0 spiro atoms. The summed E-state index contributed by atoms with van der Waals surface area (Å²) < 4.78 is 16.8. The predicted molar refractivity (Wildman–Crippen MR) is 265 cm³/mol. The third-order valence-electron chi connectivity index (χ3n) is 11.6. The van der Waals surface area contributed by atoms with Gasteiger partial charge in [0.05, 0.1) is 0 Å². The SMILES string of the molecule is CC/C=C\C/C=C\C/C=C\CCCCCCCCCCCC(=O)OCC(COC(=O)CCCCCCC/C=C\CCCCC)OC(=O)CCCCCCCCCCCCCCC. The molecule has 1 unspecified atom stereocenters. The number of rotatable bonds is 48. The van der Waals surface area contributed by atoms with Gasteiger partial charge < -0.3 is 14.2 Å². The van der Waals surface area contributed by atoms with Crippen LogP contribution in [0.4, 0.5) is 0 Å². The van der Waals surface area contributed by atoms with Crippen molar-refractivity contribution in [2.75, 3.05) is 13.2 Å². The Labute approximate surface area is 384 Å². The van der Waals surface area contributed by atoms with Gasteiger partial charge in [0.1, 0.15) is 13.2 Å². The summed E-state index contributed by atoms with van der Waals surface area (Å²) in [7, 11) is 0. The van der Waals surface area contributed by atoms with Crippen LogP contribution in [-0.2, 0) is 28.6 Å². The first-order valence-electron chi connectivity index (χ1n) is 26.6. The van der Waals surface area contributed by atoms with Crippen LogP contribution in [0, 0.1) is 0 Å². The van der Waals surface area contributed by atoms with Crippen molar-refractivity contribution in [2.45, 2.75) is 277 Å². The molecule has 0 saturated heterocycles. The molecular weight excluding hydrogens is 769 g/mol. The maximum atomic E-state index is 12.8. The first kappa shape index (κ1) is 59.4. The Balaban J connectivity index is 4.33. The maximum Gasteiger partial charge on any atom is 0.306 e.